The Morgan fingerprint density at radius 3 is 2.47 bits per heavy atom. The van der Waals surface area contributed by atoms with Gasteiger partial charge in [-0.1, -0.05) is 54.6 Å². The van der Waals surface area contributed by atoms with Crippen molar-refractivity contribution in [3.05, 3.63) is 60.2 Å². The lowest BCUT2D eigenvalue weighted by molar-refractivity contribution is 0.416. The van der Waals surface area contributed by atoms with Crippen molar-refractivity contribution in [1.82, 2.24) is 5.32 Å². The van der Waals surface area contributed by atoms with E-state index in [9.17, 15) is 0 Å². The van der Waals surface area contributed by atoms with Gasteiger partial charge in [-0.3, -0.25) is 0 Å². The van der Waals surface area contributed by atoms with Gasteiger partial charge in [0.1, 0.15) is 5.75 Å². The van der Waals surface area contributed by atoms with Crippen LogP contribution in [0.2, 0.25) is 0 Å². The van der Waals surface area contributed by atoms with E-state index < -0.39 is 0 Å². The van der Waals surface area contributed by atoms with Crippen LogP contribution in [0.4, 0.5) is 0 Å². The maximum absolute atomic E-state index is 5.39. The molecule has 0 saturated heterocycles. The van der Waals surface area contributed by atoms with Crippen molar-refractivity contribution in [2.24, 2.45) is 0 Å². The molecule has 0 heterocycles. The van der Waals surface area contributed by atoms with Gasteiger partial charge in [-0.15, -0.1) is 0 Å². The van der Waals surface area contributed by atoms with E-state index in [0.29, 0.717) is 0 Å². The molecule has 0 aliphatic carbocycles. The van der Waals surface area contributed by atoms with Gasteiger partial charge < -0.3 is 10.1 Å². The summed E-state index contributed by atoms with van der Waals surface area (Å²) in [6, 6.07) is 16.5. The molecule has 1 N–H and O–H groups in total. The zero-order valence-corrected chi connectivity index (χ0v) is 11.4. The molecule has 0 aromatic heterocycles. The van der Waals surface area contributed by atoms with Crippen molar-refractivity contribution in [3.63, 3.8) is 0 Å². The molecule has 0 radical (unpaired) electrons. The molecule has 0 spiro atoms. The van der Waals surface area contributed by atoms with Gasteiger partial charge in [0.15, 0.2) is 0 Å². The van der Waals surface area contributed by atoms with Crippen molar-refractivity contribution >= 4 is 6.08 Å². The van der Waals surface area contributed by atoms with Crippen molar-refractivity contribution in [2.75, 3.05) is 20.7 Å². The highest BCUT2D eigenvalue weighted by Gasteiger charge is 2.03. The minimum absolute atomic E-state index is 0.883. The van der Waals surface area contributed by atoms with Gasteiger partial charge in [0.05, 0.1) is 7.11 Å². The second kappa shape index (κ2) is 6.76. The highest BCUT2D eigenvalue weighted by molar-refractivity contribution is 5.71. The number of methoxy groups -OCH3 is 1. The number of benzene rings is 2. The Hall–Kier alpha value is -2.06. The van der Waals surface area contributed by atoms with E-state index in [2.05, 4.69) is 47.8 Å². The summed E-state index contributed by atoms with van der Waals surface area (Å²) in [6.45, 7) is 0.883. The summed E-state index contributed by atoms with van der Waals surface area (Å²) < 4.78 is 5.39. The highest BCUT2D eigenvalue weighted by Crippen LogP contribution is 2.29. The largest absolute Gasteiger partial charge is 0.496 e. The highest BCUT2D eigenvalue weighted by atomic mass is 16.5. The van der Waals surface area contributed by atoms with Gasteiger partial charge in [0.25, 0.3) is 0 Å². The Labute approximate surface area is 114 Å². The first-order valence-corrected chi connectivity index (χ1v) is 6.39. The summed E-state index contributed by atoms with van der Waals surface area (Å²) in [5.41, 5.74) is 3.49. The fourth-order valence-electron chi connectivity index (χ4n) is 1.97. The van der Waals surface area contributed by atoms with Gasteiger partial charge >= 0.3 is 0 Å². The predicted molar refractivity (Wildman–Crippen MR) is 81.4 cm³/mol. The van der Waals surface area contributed by atoms with Crippen LogP contribution in [-0.4, -0.2) is 20.7 Å². The van der Waals surface area contributed by atoms with E-state index in [0.717, 1.165) is 17.9 Å². The van der Waals surface area contributed by atoms with Gasteiger partial charge in [-0.25, -0.2) is 0 Å². The van der Waals surface area contributed by atoms with E-state index >= 15 is 0 Å². The van der Waals surface area contributed by atoms with E-state index in [1.54, 1.807) is 7.11 Å². The Morgan fingerprint density at radius 1 is 1.05 bits per heavy atom. The molecule has 2 aromatic rings. The molecule has 0 amide bonds. The average Bonchev–Trinajstić information content (AvgIpc) is 2.48. The predicted octanol–water partition coefficient (Wildman–Crippen LogP) is 3.59. The standard InChI is InChI=1S/C17H19NO/c1-18-13-5-6-14-9-11-15(12-10-14)16-7-3-4-8-17(16)19-2/h3-12,18H,13H2,1-2H3. The minimum Gasteiger partial charge on any atom is -0.496 e. The van der Waals surface area contributed by atoms with Gasteiger partial charge in [0.2, 0.25) is 0 Å². The number of hydrogen-bond donors (Lipinski definition) is 1. The summed E-state index contributed by atoms with van der Waals surface area (Å²) in [7, 11) is 3.64. The van der Waals surface area contributed by atoms with Gasteiger partial charge in [-0.05, 0) is 24.2 Å². The maximum atomic E-state index is 5.39. The zero-order valence-electron chi connectivity index (χ0n) is 11.4. The molecule has 2 nitrogen and oxygen atoms in total. The molecular formula is C17H19NO. The maximum Gasteiger partial charge on any atom is 0.126 e. The zero-order chi connectivity index (χ0) is 13.5. The normalized spacial score (nSPS) is 10.8. The molecular weight excluding hydrogens is 234 g/mol. The molecule has 98 valence electrons. The lowest BCUT2D eigenvalue weighted by atomic mass is 10.0. The van der Waals surface area contributed by atoms with E-state index in [1.165, 1.54) is 11.1 Å². The van der Waals surface area contributed by atoms with Crippen LogP contribution in [0.15, 0.2) is 54.6 Å². The minimum atomic E-state index is 0.883. The van der Waals surface area contributed by atoms with Crippen LogP contribution in [0.5, 0.6) is 5.75 Å². The number of ether oxygens (including phenoxy) is 1. The van der Waals surface area contributed by atoms with Crippen LogP contribution in [0, 0.1) is 0 Å². The number of nitrogens with one attached hydrogen (secondary N) is 1. The summed E-state index contributed by atoms with van der Waals surface area (Å²) in [4.78, 5) is 0. The number of rotatable bonds is 5. The summed E-state index contributed by atoms with van der Waals surface area (Å²) >= 11 is 0. The van der Waals surface area contributed by atoms with Crippen LogP contribution in [-0.2, 0) is 0 Å². The van der Waals surface area contributed by atoms with Crippen molar-refractivity contribution in [1.29, 1.82) is 0 Å². The number of likely N-dealkylation sites (N-methyl/N-ethyl adjacent to an activating group) is 1. The van der Waals surface area contributed by atoms with Crippen molar-refractivity contribution < 1.29 is 4.74 Å². The Morgan fingerprint density at radius 2 is 1.79 bits per heavy atom. The Kier molecular flexibility index (Phi) is 4.76. The van der Waals surface area contributed by atoms with E-state index in [1.807, 2.05) is 25.2 Å². The van der Waals surface area contributed by atoms with Gasteiger partial charge in [0, 0.05) is 12.1 Å². The first kappa shape index (κ1) is 13.4. The lowest BCUT2D eigenvalue weighted by Crippen LogP contribution is -2.03. The topological polar surface area (TPSA) is 21.3 Å². The molecule has 0 aliphatic heterocycles. The fraction of sp³-hybridized carbons (Fsp3) is 0.176. The molecule has 2 rings (SSSR count). The SMILES string of the molecule is CNCC=Cc1ccc(-c2ccccc2OC)cc1. The molecule has 0 atom stereocenters. The molecule has 2 heteroatoms. The summed E-state index contributed by atoms with van der Waals surface area (Å²) in [5.74, 6) is 0.904. The third kappa shape index (κ3) is 3.46. The lowest BCUT2D eigenvalue weighted by Gasteiger charge is -2.08. The first-order valence-electron chi connectivity index (χ1n) is 6.39. The average molecular weight is 253 g/mol. The molecule has 0 saturated carbocycles. The number of hydrogen-bond acceptors (Lipinski definition) is 2. The second-order valence-corrected chi connectivity index (χ2v) is 4.28. The molecule has 0 fully saturated rings. The van der Waals surface area contributed by atoms with Crippen LogP contribution in [0.3, 0.4) is 0 Å². The van der Waals surface area contributed by atoms with Gasteiger partial charge in [-0.2, -0.15) is 0 Å². The van der Waals surface area contributed by atoms with Crippen LogP contribution in [0.1, 0.15) is 5.56 Å². The molecule has 0 bridgehead atoms. The van der Waals surface area contributed by atoms with E-state index in [4.69, 9.17) is 4.74 Å². The molecule has 2 aromatic carbocycles. The van der Waals surface area contributed by atoms with Crippen LogP contribution < -0.4 is 10.1 Å². The van der Waals surface area contributed by atoms with Crippen LogP contribution in [0.25, 0.3) is 17.2 Å². The van der Waals surface area contributed by atoms with Crippen molar-refractivity contribution in [3.8, 4) is 16.9 Å². The Balaban J connectivity index is 2.22. The monoisotopic (exact) mass is 253 g/mol. The van der Waals surface area contributed by atoms with Crippen LogP contribution >= 0.6 is 0 Å². The van der Waals surface area contributed by atoms with Crippen molar-refractivity contribution in [2.45, 2.75) is 0 Å². The smallest absolute Gasteiger partial charge is 0.126 e. The summed E-state index contributed by atoms with van der Waals surface area (Å²) in [5, 5.41) is 3.09. The molecule has 19 heavy (non-hydrogen) atoms. The van der Waals surface area contributed by atoms with E-state index in [-0.39, 0.29) is 0 Å². The third-order valence-electron chi connectivity index (χ3n) is 2.96. The summed E-state index contributed by atoms with van der Waals surface area (Å²) in [6.07, 6.45) is 4.22. The molecule has 0 aliphatic rings. The second-order valence-electron chi connectivity index (χ2n) is 4.28. The molecule has 0 unspecified atom stereocenters. The first-order chi connectivity index (χ1) is 9.35. The quantitative estimate of drug-likeness (QED) is 0.879. The Bertz CT molecular complexity index is 543. The fourth-order valence-corrected chi connectivity index (χ4v) is 1.97. The third-order valence-corrected chi connectivity index (χ3v) is 2.96. The number of para-hydroxylation sites is 1.